The van der Waals surface area contributed by atoms with E-state index in [-0.39, 0.29) is 30.5 Å². The smallest absolute Gasteiger partial charge is 0.248 e. The number of rotatable bonds is 7. The third-order valence-corrected chi connectivity index (χ3v) is 5.22. The number of nitrogens with zero attached hydrogens (tertiary/aromatic N) is 3. The molecule has 0 aliphatic rings. The molecule has 1 aromatic carbocycles. The maximum absolute atomic E-state index is 10.2. The van der Waals surface area contributed by atoms with E-state index in [1.165, 1.54) is 11.3 Å². The molecule has 11 heteroatoms. The van der Waals surface area contributed by atoms with Crippen LogP contribution in [0.1, 0.15) is 23.8 Å². The number of benzene rings is 1. The summed E-state index contributed by atoms with van der Waals surface area (Å²) in [5, 5.41) is 21.0. The van der Waals surface area contributed by atoms with Gasteiger partial charge in [-0.1, -0.05) is 40.5 Å². The molecule has 29 heavy (non-hydrogen) atoms. The number of aromatic nitrogens is 2. The second-order valence-electron chi connectivity index (χ2n) is 5.76. The van der Waals surface area contributed by atoms with Crippen LogP contribution in [0.25, 0.3) is 11.4 Å². The van der Waals surface area contributed by atoms with Crippen LogP contribution in [0.4, 0.5) is 0 Å². The van der Waals surface area contributed by atoms with Gasteiger partial charge in [-0.2, -0.15) is 4.98 Å². The molecule has 3 rings (SSSR count). The van der Waals surface area contributed by atoms with Crippen LogP contribution in [0, 0.1) is 0 Å². The average Bonchev–Trinajstić information content (AvgIpc) is 3.33. The monoisotopic (exact) mass is 567 g/mol. The van der Waals surface area contributed by atoms with Crippen molar-refractivity contribution in [2.24, 2.45) is 4.99 Å². The first-order valence-corrected chi connectivity index (χ1v) is 10.2. The van der Waals surface area contributed by atoms with Crippen LogP contribution in [0.2, 0.25) is 9.36 Å². The molecule has 0 saturated carbocycles. The Morgan fingerprint density at radius 2 is 2.10 bits per heavy atom. The summed E-state index contributed by atoms with van der Waals surface area (Å²) in [6, 6.07) is 10.8. The largest absolute Gasteiger partial charge is 0.386 e. The van der Waals surface area contributed by atoms with Crippen LogP contribution >= 0.6 is 58.5 Å². The van der Waals surface area contributed by atoms with Crippen LogP contribution in [0.5, 0.6) is 0 Å². The van der Waals surface area contributed by atoms with Crippen LogP contribution in [-0.2, 0) is 6.54 Å². The molecule has 0 spiro atoms. The van der Waals surface area contributed by atoms with E-state index in [1.54, 1.807) is 24.3 Å². The SMILES string of the molecule is CCNC(=NCc1nc(-c2cccc(Cl)c2)no1)NCC(O)c1ccc(Cl)s1.I. The molecular weight excluding hydrogens is 548 g/mol. The maximum Gasteiger partial charge on any atom is 0.248 e. The maximum atomic E-state index is 10.2. The number of hydrogen-bond donors (Lipinski definition) is 3. The molecule has 1 unspecified atom stereocenters. The van der Waals surface area contributed by atoms with Crippen molar-refractivity contribution in [3.63, 3.8) is 0 Å². The van der Waals surface area contributed by atoms with Gasteiger partial charge < -0.3 is 20.3 Å². The summed E-state index contributed by atoms with van der Waals surface area (Å²) in [7, 11) is 0. The minimum atomic E-state index is -0.681. The van der Waals surface area contributed by atoms with Gasteiger partial charge in [-0.25, -0.2) is 4.99 Å². The minimum absolute atomic E-state index is 0. The molecule has 0 saturated heterocycles. The highest BCUT2D eigenvalue weighted by Crippen LogP contribution is 2.26. The lowest BCUT2D eigenvalue weighted by molar-refractivity contribution is 0.184. The van der Waals surface area contributed by atoms with Gasteiger partial charge in [0.1, 0.15) is 12.6 Å². The summed E-state index contributed by atoms with van der Waals surface area (Å²) in [5.74, 6) is 1.36. The Balaban J connectivity index is 0.00000300. The number of guanidine groups is 1. The molecule has 0 aliphatic carbocycles. The zero-order chi connectivity index (χ0) is 19.9. The second-order valence-corrected chi connectivity index (χ2v) is 7.94. The summed E-state index contributed by atoms with van der Waals surface area (Å²) < 4.78 is 5.90. The molecule has 156 valence electrons. The van der Waals surface area contributed by atoms with Gasteiger partial charge in [0.25, 0.3) is 0 Å². The number of hydrogen-bond acceptors (Lipinski definition) is 6. The van der Waals surface area contributed by atoms with E-state index in [4.69, 9.17) is 27.7 Å². The third-order valence-electron chi connectivity index (χ3n) is 3.65. The predicted molar refractivity (Wildman–Crippen MR) is 127 cm³/mol. The summed E-state index contributed by atoms with van der Waals surface area (Å²) in [6.45, 7) is 3.12. The Labute approximate surface area is 199 Å². The van der Waals surface area contributed by atoms with Gasteiger partial charge in [0.05, 0.1) is 4.34 Å². The average molecular weight is 568 g/mol. The van der Waals surface area contributed by atoms with E-state index in [2.05, 4.69) is 25.8 Å². The van der Waals surface area contributed by atoms with Gasteiger partial charge in [0.15, 0.2) is 5.96 Å². The highest BCUT2D eigenvalue weighted by molar-refractivity contribution is 14.0. The fraction of sp³-hybridized carbons (Fsp3) is 0.278. The molecule has 0 amide bonds. The first-order valence-electron chi connectivity index (χ1n) is 8.59. The van der Waals surface area contributed by atoms with E-state index in [0.29, 0.717) is 40.1 Å². The fourth-order valence-electron chi connectivity index (χ4n) is 2.35. The lowest BCUT2D eigenvalue weighted by Gasteiger charge is -2.14. The van der Waals surface area contributed by atoms with Crippen molar-refractivity contribution in [3.8, 4) is 11.4 Å². The van der Waals surface area contributed by atoms with Gasteiger partial charge in [0.2, 0.25) is 11.7 Å². The number of halogens is 3. The van der Waals surface area contributed by atoms with Crippen molar-refractivity contribution in [1.82, 2.24) is 20.8 Å². The molecule has 0 radical (unpaired) electrons. The van der Waals surface area contributed by atoms with Crippen LogP contribution in [-0.4, -0.2) is 34.3 Å². The van der Waals surface area contributed by atoms with E-state index >= 15 is 0 Å². The lowest BCUT2D eigenvalue weighted by Crippen LogP contribution is -2.39. The van der Waals surface area contributed by atoms with E-state index in [9.17, 15) is 5.11 Å². The Hall–Kier alpha value is -1.40. The summed E-state index contributed by atoms with van der Waals surface area (Å²) in [4.78, 5) is 9.54. The van der Waals surface area contributed by atoms with E-state index in [1.807, 2.05) is 19.1 Å². The summed E-state index contributed by atoms with van der Waals surface area (Å²) in [6.07, 6.45) is -0.681. The second kappa shape index (κ2) is 11.7. The fourth-order valence-corrected chi connectivity index (χ4v) is 3.59. The van der Waals surface area contributed by atoms with Crippen LogP contribution in [0.15, 0.2) is 45.9 Å². The lowest BCUT2D eigenvalue weighted by atomic mass is 10.2. The molecule has 0 aliphatic heterocycles. The Morgan fingerprint density at radius 1 is 1.28 bits per heavy atom. The molecule has 1 atom stereocenters. The molecule has 0 bridgehead atoms. The van der Waals surface area contributed by atoms with Gasteiger partial charge in [-0.3, -0.25) is 0 Å². The zero-order valence-electron chi connectivity index (χ0n) is 15.4. The van der Waals surface area contributed by atoms with Gasteiger partial charge >= 0.3 is 0 Å². The van der Waals surface area contributed by atoms with Gasteiger partial charge in [0, 0.05) is 28.6 Å². The zero-order valence-corrected chi connectivity index (χ0v) is 20.1. The van der Waals surface area contributed by atoms with Crippen LogP contribution < -0.4 is 10.6 Å². The van der Waals surface area contributed by atoms with Crippen molar-refractivity contribution in [1.29, 1.82) is 0 Å². The predicted octanol–water partition coefficient (Wildman–Crippen LogP) is 4.51. The first-order chi connectivity index (χ1) is 13.5. The standard InChI is InChI=1S/C18H19Cl2N5O2S.HI/c1-2-21-18(22-9-13(26)14-6-7-15(20)28-14)23-10-16-24-17(25-27-16)11-4-3-5-12(19)8-11;/h3-8,13,26H,2,9-10H2,1H3,(H2,21,22,23);1H. The van der Waals surface area contributed by atoms with E-state index < -0.39 is 6.10 Å². The summed E-state index contributed by atoms with van der Waals surface area (Å²) in [5.41, 5.74) is 0.772. The minimum Gasteiger partial charge on any atom is -0.386 e. The van der Waals surface area contributed by atoms with Crippen LogP contribution in [0.3, 0.4) is 0 Å². The topological polar surface area (TPSA) is 95.6 Å². The number of nitrogens with one attached hydrogen (secondary N) is 2. The highest BCUT2D eigenvalue weighted by Gasteiger charge is 2.12. The van der Waals surface area contributed by atoms with Crippen molar-refractivity contribution < 1.29 is 9.63 Å². The van der Waals surface area contributed by atoms with Crippen molar-refractivity contribution in [3.05, 3.63) is 56.5 Å². The molecule has 2 heterocycles. The normalized spacial score (nSPS) is 12.3. The van der Waals surface area contributed by atoms with Gasteiger partial charge in [-0.15, -0.1) is 35.3 Å². The Bertz CT molecular complexity index is 950. The number of aliphatic imine (C=N–C) groups is 1. The quantitative estimate of drug-likeness (QED) is 0.221. The van der Waals surface area contributed by atoms with Crippen molar-refractivity contribution >= 4 is 64.5 Å². The number of aliphatic hydroxyl groups is 1. The highest BCUT2D eigenvalue weighted by atomic mass is 127. The summed E-state index contributed by atoms with van der Waals surface area (Å²) >= 11 is 13.2. The number of thiophene rings is 1. The first kappa shape index (κ1) is 23.9. The Kier molecular flexibility index (Phi) is 9.63. The van der Waals surface area contributed by atoms with Crippen molar-refractivity contribution in [2.75, 3.05) is 13.1 Å². The van der Waals surface area contributed by atoms with Gasteiger partial charge in [-0.05, 0) is 31.2 Å². The molecule has 3 aromatic rings. The van der Waals surface area contributed by atoms with Crippen molar-refractivity contribution in [2.45, 2.75) is 19.6 Å². The molecule has 7 nitrogen and oxygen atoms in total. The molecule has 0 fully saturated rings. The third kappa shape index (κ3) is 7.10. The molecular formula is C18H20Cl2IN5O2S. The van der Waals surface area contributed by atoms with E-state index in [0.717, 1.165) is 10.4 Å². The Morgan fingerprint density at radius 3 is 2.79 bits per heavy atom. The number of aliphatic hydroxyl groups excluding tert-OH is 1. The molecule has 2 aromatic heterocycles. The molecule has 3 N–H and O–H groups in total.